The first kappa shape index (κ1) is 32.0. The minimum atomic E-state index is -0.868. The standard InChI is InChI=1S/C27H31N7O9S/c1-17-13-30(10-11-31(17)25(28)29-26(36)42-15-18-2-6-20(7-3-18)33(38)39)24(35)23-12-22(44)14-32(23)27(37)43-16-19-4-8-21(9-5-19)34(40)41/h2-9,17,22-23,44H,10-16H2,1H3,(H2,28,29,36)/t17-,22+,23+/m1/s1. The van der Waals surface area contributed by atoms with Crippen LogP contribution in [0.1, 0.15) is 24.5 Å². The van der Waals surface area contributed by atoms with Gasteiger partial charge in [-0.05, 0) is 48.7 Å². The van der Waals surface area contributed by atoms with Gasteiger partial charge in [0.1, 0.15) is 19.3 Å². The van der Waals surface area contributed by atoms with Gasteiger partial charge in [0.05, 0.1) is 9.85 Å². The van der Waals surface area contributed by atoms with E-state index in [-0.39, 0.29) is 73.9 Å². The molecule has 17 heteroatoms. The predicted molar refractivity (Wildman–Crippen MR) is 158 cm³/mol. The summed E-state index contributed by atoms with van der Waals surface area (Å²) in [7, 11) is 0. The molecular weight excluding hydrogens is 598 g/mol. The van der Waals surface area contributed by atoms with E-state index >= 15 is 0 Å². The first-order valence-corrected chi connectivity index (χ1v) is 14.1. The molecule has 0 aromatic heterocycles. The highest BCUT2D eigenvalue weighted by molar-refractivity contribution is 7.81. The molecule has 16 nitrogen and oxygen atoms in total. The molecule has 2 N–H and O–H groups in total. The number of ether oxygens (including phenoxy) is 2. The number of piperazine rings is 1. The number of hydrogen-bond acceptors (Lipinski definition) is 11. The number of non-ortho nitro benzene ring substituents is 2. The zero-order valence-electron chi connectivity index (χ0n) is 23.7. The molecule has 2 aromatic rings. The first-order chi connectivity index (χ1) is 20.9. The number of carbonyl (C=O) groups excluding carboxylic acids is 3. The summed E-state index contributed by atoms with van der Waals surface area (Å²) in [5.74, 6) is -0.478. The Kier molecular flexibility index (Phi) is 10.2. The van der Waals surface area contributed by atoms with Crippen molar-refractivity contribution in [3.05, 3.63) is 79.9 Å². The molecule has 0 unspecified atom stereocenters. The van der Waals surface area contributed by atoms with Crippen LogP contribution < -0.4 is 5.32 Å². The molecule has 3 amide bonds. The van der Waals surface area contributed by atoms with Crippen molar-refractivity contribution in [3.8, 4) is 0 Å². The number of guanidine groups is 1. The van der Waals surface area contributed by atoms with E-state index in [1.165, 1.54) is 53.4 Å². The molecule has 4 rings (SSSR count). The summed E-state index contributed by atoms with van der Waals surface area (Å²) in [5.41, 5.74) is 0.933. The van der Waals surface area contributed by atoms with Crippen molar-refractivity contribution in [3.63, 3.8) is 0 Å². The molecule has 0 aliphatic carbocycles. The van der Waals surface area contributed by atoms with Crippen molar-refractivity contribution in [1.29, 1.82) is 5.41 Å². The minimum Gasteiger partial charge on any atom is -0.445 e. The van der Waals surface area contributed by atoms with E-state index in [2.05, 4.69) is 17.9 Å². The van der Waals surface area contributed by atoms with Gasteiger partial charge in [0, 0.05) is 61.7 Å². The lowest BCUT2D eigenvalue weighted by atomic mass is 10.1. The second-order valence-electron chi connectivity index (χ2n) is 10.3. The molecule has 2 saturated heterocycles. The van der Waals surface area contributed by atoms with Gasteiger partial charge in [-0.3, -0.25) is 40.6 Å². The van der Waals surface area contributed by atoms with Crippen molar-refractivity contribution in [2.75, 3.05) is 26.2 Å². The highest BCUT2D eigenvalue weighted by Crippen LogP contribution is 2.26. The number of nitro benzene ring substituents is 2. The number of benzene rings is 2. The highest BCUT2D eigenvalue weighted by Gasteiger charge is 2.42. The number of nitrogens with zero attached hydrogens (tertiary/aromatic N) is 5. The lowest BCUT2D eigenvalue weighted by Crippen LogP contribution is -2.60. The molecule has 0 saturated carbocycles. The summed E-state index contributed by atoms with van der Waals surface area (Å²) in [6.07, 6.45) is -1.22. The van der Waals surface area contributed by atoms with Crippen LogP contribution >= 0.6 is 12.6 Å². The van der Waals surface area contributed by atoms with Crippen molar-refractivity contribution < 1.29 is 33.7 Å². The van der Waals surface area contributed by atoms with Gasteiger partial charge in [-0.2, -0.15) is 12.6 Å². The second-order valence-corrected chi connectivity index (χ2v) is 11.1. The number of nitrogens with one attached hydrogen (secondary N) is 2. The fraction of sp³-hybridized carbons (Fsp3) is 0.407. The Morgan fingerprint density at radius 2 is 1.45 bits per heavy atom. The van der Waals surface area contributed by atoms with Gasteiger partial charge in [0.25, 0.3) is 11.4 Å². The van der Waals surface area contributed by atoms with E-state index in [1.54, 1.807) is 16.7 Å². The second kappa shape index (κ2) is 14.0. The van der Waals surface area contributed by atoms with Crippen molar-refractivity contribution >= 4 is 48.1 Å². The number of rotatable bonds is 7. The van der Waals surface area contributed by atoms with Crippen LogP contribution in [0.5, 0.6) is 0 Å². The molecule has 0 bridgehead atoms. The molecule has 2 fully saturated rings. The van der Waals surface area contributed by atoms with Crippen LogP contribution in [0.4, 0.5) is 21.0 Å². The fourth-order valence-electron chi connectivity index (χ4n) is 4.96. The molecule has 2 aliphatic heterocycles. The maximum Gasteiger partial charge on any atom is 0.414 e. The van der Waals surface area contributed by atoms with Crippen molar-refractivity contribution in [2.24, 2.45) is 0 Å². The molecule has 234 valence electrons. The summed E-state index contributed by atoms with van der Waals surface area (Å²) < 4.78 is 10.5. The number of amides is 3. The number of carbonyl (C=O) groups is 3. The van der Waals surface area contributed by atoms with Gasteiger partial charge < -0.3 is 19.3 Å². The van der Waals surface area contributed by atoms with E-state index in [0.717, 1.165) is 0 Å². The van der Waals surface area contributed by atoms with Crippen LogP contribution in [0.2, 0.25) is 0 Å². The largest absolute Gasteiger partial charge is 0.445 e. The van der Waals surface area contributed by atoms with Crippen LogP contribution in [-0.4, -0.2) is 92.1 Å². The van der Waals surface area contributed by atoms with Gasteiger partial charge in [-0.1, -0.05) is 0 Å². The number of likely N-dealkylation sites (tertiary alicyclic amines) is 1. The lowest BCUT2D eigenvalue weighted by molar-refractivity contribution is -0.385. The zero-order valence-corrected chi connectivity index (χ0v) is 24.6. The molecular formula is C27H31N7O9S. The Hall–Kier alpha value is -4.93. The van der Waals surface area contributed by atoms with E-state index in [4.69, 9.17) is 14.9 Å². The zero-order chi connectivity index (χ0) is 32.0. The van der Waals surface area contributed by atoms with Crippen LogP contribution in [0.25, 0.3) is 0 Å². The van der Waals surface area contributed by atoms with Gasteiger partial charge in [0.2, 0.25) is 11.9 Å². The smallest absolute Gasteiger partial charge is 0.414 e. The van der Waals surface area contributed by atoms with E-state index in [9.17, 15) is 34.6 Å². The maximum absolute atomic E-state index is 13.5. The minimum absolute atomic E-state index is 0.0805. The number of hydrogen-bond donors (Lipinski definition) is 3. The van der Waals surface area contributed by atoms with Gasteiger partial charge in [0.15, 0.2) is 0 Å². The maximum atomic E-state index is 13.5. The topological polar surface area (TPSA) is 202 Å². The van der Waals surface area contributed by atoms with Gasteiger partial charge >= 0.3 is 12.2 Å². The van der Waals surface area contributed by atoms with Crippen molar-refractivity contribution in [1.82, 2.24) is 20.0 Å². The molecule has 2 aromatic carbocycles. The molecule has 0 radical (unpaired) electrons. The summed E-state index contributed by atoms with van der Waals surface area (Å²) in [5, 5.41) is 32.1. The Morgan fingerprint density at radius 1 is 0.909 bits per heavy atom. The normalized spacial score (nSPS) is 19.7. The quantitative estimate of drug-likeness (QED) is 0.134. The summed E-state index contributed by atoms with van der Waals surface area (Å²) in [4.78, 5) is 63.8. The molecule has 2 aliphatic rings. The first-order valence-electron chi connectivity index (χ1n) is 13.6. The highest BCUT2D eigenvalue weighted by atomic mass is 32.1. The third-order valence-electron chi connectivity index (χ3n) is 7.27. The Bertz CT molecular complexity index is 1420. The fourth-order valence-corrected chi connectivity index (χ4v) is 5.34. The summed E-state index contributed by atoms with van der Waals surface area (Å²) >= 11 is 4.48. The lowest BCUT2D eigenvalue weighted by Gasteiger charge is -2.42. The van der Waals surface area contributed by atoms with Crippen LogP contribution in [-0.2, 0) is 27.5 Å². The molecule has 44 heavy (non-hydrogen) atoms. The molecule has 0 spiro atoms. The third-order valence-corrected chi connectivity index (χ3v) is 7.65. The number of alkyl carbamates (subject to hydrolysis) is 1. The van der Waals surface area contributed by atoms with E-state index in [1.807, 2.05) is 0 Å². The number of nitro groups is 2. The Balaban J connectivity index is 1.26. The average molecular weight is 630 g/mol. The Labute approximate surface area is 257 Å². The van der Waals surface area contributed by atoms with Gasteiger partial charge in [-0.25, -0.2) is 9.59 Å². The molecule has 3 atom stereocenters. The van der Waals surface area contributed by atoms with E-state index in [0.29, 0.717) is 17.5 Å². The average Bonchev–Trinajstić information content (AvgIpc) is 3.40. The molecule has 2 heterocycles. The third kappa shape index (κ3) is 7.91. The Morgan fingerprint density at radius 3 is 1.98 bits per heavy atom. The van der Waals surface area contributed by atoms with Crippen LogP contribution in [0.3, 0.4) is 0 Å². The van der Waals surface area contributed by atoms with Crippen molar-refractivity contribution in [2.45, 2.75) is 43.9 Å². The van der Waals surface area contributed by atoms with Crippen LogP contribution in [0.15, 0.2) is 48.5 Å². The number of thiol groups is 1. The summed E-state index contributed by atoms with van der Waals surface area (Å²) in [6.45, 7) is 2.47. The predicted octanol–water partition coefficient (Wildman–Crippen LogP) is 2.91. The summed E-state index contributed by atoms with van der Waals surface area (Å²) in [6, 6.07) is 10.0. The van der Waals surface area contributed by atoms with E-state index < -0.39 is 28.1 Å². The monoisotopic (exact) mass is 629 g/mol. The van der Waals surface area contributed by atoms with Crippen LogP contribution in [0, 0.1) is 25.6 Å². The van der Waals surface area contributed by atoms with Gasteiger partial charge in [-0.15, -0.1) is 0 Å². The SMILES string of the molecule is C[C@@H]1CN(C(=O)[C@@H]2C[C@H](S)CN2C(=O)OCc2ccc([N+](=O)[O-])cc2)CCN1C(=N)NC(=O)OCc1ccc([N+](=O)[O-])cc1.